The molecular weight excluding hydrogens is 450 g/mol. The van der Waals surface area contributed by atoms with Crippen molar-refractivity contribution in [3.8, 4) is 0 Å². The Labute approximate surface area is 185 Å². The van der Waals surface area contributed by atoms with Crippen LogP contribution in [0.15, 0.2) is 77.7 Å². The van der Waals surface area contributed by atoms with Crippen molar-refractivity contribution in [3.63, 3.8) is 0 Å². The minimum absolute atomic E-state index is 0.0880. The summed E-state index contributed by atoms with van der Waals surface area (Å²) in [6.07, 6.45) is -9.96. The van der Waals surface area contributed by atoms with E-state index in [1.807, 2.05) is 6.92 Å². The molecule has 0 spiro atoms. The second-order valence-corrected chi connectivity index (χ2v) is 8.53. The maximum atomic E-state index is 13.2. The van der Waals surface area contributed by atoms with Crippen molar-refractivity contribution >= 4 is 17.5 Å². The predicted octanol–water partition coefficient (Wildman–Crippen LogP) is 8.14. The molecule has 32 heavy (non-hydrogen) atoms. The first-order valence-corrected chi connectivity index (χ1v) is 10.4. The van der Waals surface area contributed by atoms with Gasteiger partial charge in [0.1, 0.15) is 0 Å². The molecule has 0 aromatic heterocycles. The zero-order valence-electron chi connectivity index (χ0n) is 16.8. The highest BCUT2D eigenvalue weighted by Gasteiger charge is 2.37. The Hall–Kier alpha value is -2.74. The monoisotopic (exact) mass is 468 g/mol. The number of Topliss-reactive ketones (excluding diaryl/α,β-unsaturated/α-hetero) is 1. The van der Waals surface area contributed by atoms with Crippen molar-refractivity contribution in [1.29, 1.82) is 0 Å². The fourth-order valence-electron chi connectivity index (χ4n) is 3.08. The molecule has 0 aliphatic heterocycles. The van der Waals surface area contributed by atoms with Crippen LogP contribution in [0.25, 0.3) is 0 Å². The van der Waals surface area contributed by atoms with Crippen LogP contribution in [0.4, 0.5) is 26.3 Å². The predicted molar refractivity (Wildman–Crippen MR) is 112 cm³/mol. The Kier molecular flexibility index (Phi) is 7.03. The van der Waals surface area contributed by atoms with Crippen LogP contribution < -0.4 is 0 Å². The summed E-state index contributed by atoms with van der Waals surface area (Å²) in [6.45, 7) is 1.86. The van der Waals surface area contributed by atoms with Gasteiger partial charge >= 0.3 is 12.4 Å². The minimum atomic E-state index is -4.93. The number of halogens is 6. The van der Waals surface area contributed by atoms with E-state index in [1.165, 1.54) is 0 Å². The van der Waals surface area contributed by atoms with E-state index in [2.05, 4.69) is 0 Å². The quantitative estimate of drug-likeness (QED) is 0.206. The van der Waals surface area contributed by atoms with Gasteiger partial charge in [0, 0.05) is 22.1 Å². The summed E-state index contributed by atoms with van der Waals surface area (Å²) in [6, 6.07) is 16.8. The molecule has 8 heteroatoms. The lowest BCUT2D eigenvalue weighted by Crippen LogP contribution is -2.11. The first-order chi connectivity index (χ1) is 14.9. The molecule has 0 amide bonds. The minimum Gasteiger partial charge on any atom is -0.294 e. The van der Waals surface area contributed by atoms with Gasteiger partial charge in [0.2, 0.25) is 0 Å². The van der Waals surface area contributed by atoms with Crippen molar-refractivity contribution in [1.82, 2.24) is 0 Å². The van der Waals surface area contributed by atoms with Crippen molar-refractivity contribution in [2.24, 2.45) is 0 Å². The van der Waals surface area contributed by atoms with Crippen molar-refractivity contribution in [2.75, 3.05) is 0 Å². The van der Waals surface area contributed by atoms with Crippen molar-refractivity contribution in [2.45, 2.75) is 35.8 Å². The highest BCUT2D eigenvalue weighted by Crippen LogP contribution is 2.43. The van der Waals surface area contributed by atoms with Crippen molar-refractivity contribution < 1.29 is 31.1 Å². The van der Waals surface area contributed by atoms with Crippen LogP contribution in [0.3, 0.4) is 0 Å². The Morgan fingerprint density at radius 3 is 1.84 bits per heavy atom. The summed E-state index contributed by atoms with van der Waals surface area (Å²) in [4.78, 5) is 12.6. The molecule has 0 saturated carbocycles. The number of alkyl halides is 6. The fourth-order valence-corrected chi connectivity index (χ4v) is 4.33. The molecule has 3 aromatic rings. The fraction of sp³-hybridized carbons (Fsp3) is 0.208. The van der Waals surface area contributed by atoms with Crippen LogP contribution in [-0.2, 0) is 12.4 Å². The van der Waals surface area contributed by atoms with E-state index in [9.17, 15) is 31.1 Å². The smallest absolute Gasteiger partial charge is 0.294 e. The molecule has 3 rings (SSSR count). The number of aryl methyl sites for hydroxylation is 1. The second kappa shape index (κ2) is 9.40. The number of hydrogen-bond acceptors (Lipinski definition) is 2. The third-order valence-corrected chi connectivity index (χ3v) is 5.99. The molecule has 3 aromatic carbocycles. The number of carbonyl (C=O) groups is 1. The maximum Gasteiger partial charge on any atom is 0.416 e. The average molecular weight is 468 g/mol. The SMILES string of the molecule is Cc1ccc(C(=O)C[C@@H](Sc2cc(C(F)(F)F)cc(C(F)(F)F)c2)c2ccccc2)cc1. The van der Waals surface area contributed by atoms with Crippen LogP contribution >= 0.6 is 11.8 Å². The van der Waals surface area contributed by atoms with Crippen LogP contribution in [0.2, 0.25) is 0 Å². The van der Waals surface area contributed by atoms with Crippen molar-refractivity contribution in [3.05, 3.63) is 101 Å². The zero-order chi connectivity index (χ0) is 23.5. The Morgan fingerprint density at radius 1 is 0.812 bits per heavy atom. The summed E-state index contributed by atoms with van der Waals surface area (Å²) in [5, 5.41) is -0.672. The van der Waals surface area contributed by atoms with Gasteiger partial charge < -0.3 is 0 Å². The summed E-state index contributed by atoms with van der Waals surface area (Å²) in [5.74, 6) is -0.255. The van der Waals surface area contributed by atoms with E-state index < -0.39 is 28.7 Å². The first kappa shape index (κ1) is 23.9. The molecule has 0 heterocycles. The lowest BCUT2D eigenvalue weighted by Gasteiger charge is -2.19. The molecule has 0 saturated heterocycles. The van der Waals surface area contributed by atoms with Crippen LogP contribution in [0.1, 0.15) is 44.3 Å². The largest absolute Gasteiger partial charge is 0.416 e. The number of benzene rings is 3. The van der Waals surface area contributed by atoms with Gasteiger partial charge in [0.05, 0.1) is 11.1 Å². The highest BCUT2D eigenvalue weighted by molar-refractivity contribution is 7.99. The molecule has 168 valence electrons. The third-order valence-electron chi connectivity index (χ3n) is 4.76. The van der Waals surface area contributed by atoms with Crippen LogP contribution in [-0.4, -0.2) is 5.78 Å². The summed E-state index contributed by atoms with van der Waals surface area (Å²) in [7, 11) is 0. The maximum absolute atomic E-state index is 13.2. The Bertz CT molecular complexity index is 1040. The Morgan fingerprint density at radius 2 is 1.34 bits per heavy atom. The van der Waals surface area contributed by atoms with E-state index in [0.717, 1.165) is 17.3 Å². The molecule has 0 fully saturated rings. The number of rotatable bonds is 6. The highest BCUT2D eigenvalue weighted by atomic mass is 32.2. The number of thioether (sulfide) groups is 1. The third kappa shape index (κ3) is 6.16. The summed E-state index contributed by atoms with van der Waals surface area (Å²) >= 11 is 0.808. The average Bonchev–Trinajstić information content (AvgIpc) is 2.73. The van der Waals surface area contributed by atoms with Gasteiger partial charge in [-0.15, -0.1) is 11.8 Å². The van der Waals surface area contributed by atoms with Gasteiger partial charge in [-0.1, -0.05) is 60.2 Å². The van der Waals surface area contributed by atoms with Crippen LogP contribution in [0, 0.1) is 6.92 Å². The topological polar surface area (TPSA) is 17.1 Å². The van der Waals surface area contributed by atoms with Gasteiger partial charge in [-0.25, -0.2) is 0 Å². The summed E-state index contributed by atoms with van der Waals surface area (Å²) < 4.78 is 79.4. The molecule has 0 unspecified atom stereocenters. The van der Waals surface area contributed by atoms with Gasteiger partial charge in [-0.2, -0.15) is 26.3 Å². The Balaban J connectivity index is 1.98. The number of carbonyl (C=O) groups excluding carboxylic acids is 1. The molecule has 0 radical (unpaired) electrons. The van der Waals surface area contributed by atoms with Gasteiger partial charge in [-0.05, 0) is 30.7 Å². The number of ketones is 1. The van der Waals surface area contributed by atoms with Gasteiger partial charge in [-0.3, -0.25) is 4.79 Å². The van der Waals surface area contributed by atoms with E-state index >= 15 is 0 Å². The van der Waals surface area contributed by atoms with E-state index in [4.69, 9.17) is 0 Å². The molecule has 1 atom stereocenters. The van der Waals surface area contributed by atoms with E-state index in [-0.39, 0.29) is 23.2 Å². The molecule has 0 aliphatic carbocycles. The standard InChI is InChI=1S/C24H18F6OS/c1-15-7-9-16(10-8-15)21(31)14-22(17-5-3-2-4-6-17)32-20-12-18(23(25,26)27)11-19(13-20)24(28,29)30/h2-13,22H,14H2,1H3/t22-/m1/s1. The second-order valence-electron chi connectivity index (χ2n) is 7.25. The van der Waals surface area contributed by atoms with E-state index in [1.54, 1.807) is 54.6 Å². The zero-order valence-corrected chi connectivity index (χ0v) is 17.6. The number of hydrogen-bond donors (Lipinski definition) is 0. The molecule has 0 aliphatic rings. The van der Waals surface area contributed by atoms with Gasteiger partial charge in [0.15, 0.2) is 5.78 Å². The lowest BCUT2D eigenvalue weighted by molar-refractivity contribution is -0.143. The van der Waals surface area contributed by atoms with E-state index in [0.29, 0.717) is 23.3 Å². The normalized spacial score (nSPS) is 13.1. The molecular formula is C24H18F6OS. The van der Waals surface area contributed by atoms with Crippen LogP contribution in [0.5, 0.6) is 0 Å². The molecule has 0 N–H and O–H groups in total. The summed E-state index contributed by atoms with van der Waals surface area (Å²) in [5.41, 5.74) is -0.752. The lowest BCUT2D eigenvalue weighted by atomic mass is 10.0. The molecule has 1 nitrogen and oxygen atoms in total. The molecule has 0 bridgehead atoms. The first-order valence-electron chi connectivity index (χ1n) is 9.54. The van der Waals surface area contributed by atoms with Gasteiger partial charge in [0.25, 0.3) is 0 Å².